The average Bonchev–Trinajstić information content (AvgIpc) is 3.54. The van der Waals surface area contributed by atoms with Crippen molar-refractivity contribution in [2.45, 2.75) is 289 Å². The zero-order valence-corrected chi connectivity index (χ0v) is 50.7. The SMILES string of the molecule is CC/C=C\C/C=C\C/C=C\C/C=C\C/C=C\C/C=C\CCC(=O)OC1C(OCC(COC(=O)CCCCCCCC/C=C\C/C=C\C/C=C\CCCCC)OC(=O)CCCCCCCCCCCCCCC)OC(C(=O)O)C(O)C1O. The van der Waals surface area contributed by atoms with Crippen LogP contribution in [0.4, 0.5) is 0 Å². The number of ether oxygens (including phenoxy) is 5. The zero-order chi connectivity index (χ0) is 58.9. The van der Waals surface area contributed by atoms with E-state index in [9.17, 15) is 34.5 Å². The molecule has 6 unspecified atom stereocenters. The van der Waals surface area contributed by atoms with Crippen molar-refractivity contribution in [3.05, 3.63) is 109 Å². The highest BCUT2D eigenvalue weighted by atomic mass is 16.7. The molecular weight excluding hydrogens is 1020 g/mol. The molecule has 0 aromatic rings. The third-order valence-electron chi connectivity index (χ3n) is 13.8. The van der Waals surface area contributed by atoms with E-state index in [1.807, 2.05) is 18.2 Å². The first-order valence-corrected chi connectivity index (χ1v) is 31.9. The fourth-order valence-electron chi connectivity index (χ4n) is 8.99. The lowest BCUT2D eigenvalue weighted by Gasteiger charge is -2.40. The second-order valence-corrected chi connectivity index (χ2v) is 21.3. The van der Waals surface area contributed by atoms with Gasteiger partial charge in [0.25, 0.3) is 0 Å². The van der Waals surface area contributed by atoms with Crippen LogP contribution in [-0.4, -0.2) is 89.2 Å². The number of esters is 3. The van der Waals surface area contributed by atoms with Crippen molar-refractivity contribution in [2.24, 2.45) is 0 Å². The van der Waals surface area contributed by atoms with Crippen LogP contribution in [0, 0.1) is 0 Å². The molecule has 6 atom stereocenters. The molecular formula is C69H112O12. The summed E-state index contributed by atoms with van der Waals surface area (Å²) < 4.78 is 28.4. The predicted octanol–water partition coefficient (Wildman–Crippen LogP) is 17.0. The van der Waals surface area contributed by atoms with Gasteiger partial charge in [0.15, 0.2) is 24.6 Å². The number of rotatable bonds is 53. The van der Waals surface area contributed by atoms with E-state index in [0.717, 1.165) is 103 Å². The van der Waals surface area contributed by atoms with E-state index < -0.39 is 67.3 Å². The lowest BCUT2D eigenvalue weighted by molar-refractivity contribution is -0.301. The summed E-state index contributed by atoms with van der Waals surface area (Å²) in [5, 5.41) is 31.5. The third-order valence-corrected chi connectivity index (χ3v) is 13.8. The average molecular weight is 1130 g/mol. The monoisotopic (exact) mass is 1130 g/mol. The molecule has 0 amide bonds. The van der Waals surface area contributed by atoms with Crippen LogP contribution in [-0.2, 0) is 42.9 Å². The molecule has 0 saturated carbocycles. The second kappa shape index (κ2) is 55.9. The number of hydrogen-bond donors (Lipinski definition) is 3. The fraction of sp³-hybridized carbons (Fsp3) is 0.681. The van der Waals surface area contributed by atoms with Crippen molar-refractivity contribution in [3.8, 4) is 0 Å². The molecule has 0 spiro atoms. The Hall–Kier alpha value is -4.62. The quantitative estimate of drug-likeness (QED) is 0.0228. The maximum absolute atomic E-state index is 13.2. The molecule has 0 aliphatic carbocycles. The number of carboxylic acids is 1. The molecule has 0 bridgehead atoms. The summed E-state index contributed by atoms with van der Waals surface area (Å²) in [6.45, 7) is 5.82. The van der Waals surface area contributed by atoms with Crippen molar-refractivity contribution in [1.29, 1.82) is 0 Å². The Morgan fingerprint density at radius 1 is 0.420 bits per heavy atom. The summed E-state index contributed by atoms with van der Waals surface area (Å²) in [5.41, 5.74) is 0. The maximum atomic E-state index is 13.2. The summed E-state index contributed by atoms with van der Waals surface area (Å²) >= 11 is 0. The Bertz CT molecular complexity index is 1820. The largest absolute Gasteiger partial charge is 0.479 e. The molecule has 1 heterocycles. The summed E-state index contributed by atoms with van der Waals surface area (Å²) in [7, 11) is 0. The van der Waals surface area contributed by atoms with Crippen molar-refractivity contribution < 1.29 is 58.2 Å². The van der Waals surface area contributed by atoms with Gasteiger partial charge in [-0.2, -0.15) is 0 Å². The Balaban J connectivity index is 2.71. The Morgan fingerprint density at radius 2 is 0.802 bits per heavy atom. The normalized spacial score (nSPS) is 18.5. The van der Waals surface area contributed by atoms with E-state index >= 15 is 0 Å². The highest BCUT2D eigenvalue weighted by Crippen LogP contribution is 2.26. The van der Waals surface area contributed by atoms with Gasteiger partial charge in [0, 0.05) is 19.3 Å². The van der Waals surface area contributed by atoms with Crippen molar-refractivity contribution in [1.82, 2.24) is 0 Å². The molecule has 3 N–H and O–H groups in total. The Kier molecular flexibility index (Phi) is 51.3. The minimum absolute atomic E-state index is 0.0697. The van der Waals surface area contributed by atoms with Gasteiger partial charge in [0.05, 0.1) is 6.61 Å². The van der Waals surface area contributed by atoms with E-state index in [1.54, 1.807) is 0 Å². The fourth-order valence-corrected chi connectivity index (χ4v) is 8.99. The van der Waals surface area contributed by atoms with E-state index in [-0.39, 0.29) is 25.9 Å². The highest BCUT2D eigenvalue weighted by molar-refractivity contribution is 5.74. The number of hydrogen-bond acceptors (Lipinski definition) is 11. The van der Waals surface area contributed by atoms with Crippen LogP contribution in [0.5, 0.6) is 0 Å². The molecule has 12 nitrogen and oxygen atoms in total. The van der Waals surface area contributed by atoms with Crippen molar-refractivity contribution in [3.63, 3.8) is 0 Å². The van der Waals surface area contributed by atoms with E-state index in [4.69, 9.17) is 23.7 Å². The molecule has 81 heavy (non-hydrogen) atoms. The number of allylic oxidation sites excluding steroid dienone is 18. The summed E-state index contributed by atoms with van der Waals surface area (Å²) in [6, 6.07) is 0. The first-order valence-electron chi connectivity index (χ1n) is 31.9. The zero-order valence-electron chi connectivity index (χ0n) is 50.7. The van der Waals surface area contributed by atoms with Gasteiger partial charge in [-0.25, -0.2) is 4.79 Å². The molecule has 1 saturated heterocycles. The summed E-state index contributed by atoms with van der Waals surface area (Å²) in [5.74, 6) is -3.25. The number of carboxylic acid groups (broad SMARTS) is 1. The lowest BCUT2D eigenvalue weighted by Crippen LogP contribution is -2.61. The smallest absolute Gasteiger partial charge is 0.335 e. The minimum Gasteiger partial charge on any atom is -0.479 e. The van der Waals surface area contributed by atoms with Crippen LogP contribution in [0.3, 0.4) is 0 Å². The standard InChI is InChI=1S/C69H112O12/c1-4-7-10-13-16-19-22-25-27-29-31-33-35-38-40-43-46-49-52-55-61(70)77-58-60(79-62(71)56-53-50-47-44-41-37-24-21-18-15-12-9-6-3)59-78-69-67(65(74)64(73)66(81-69)68(75)76)80-63(72)57-54-51-48-45-42-39-36-34-32-30-28-26-23-20-17-14-11-8-5-2/h8,11,16-17,19-20,25-28,31-34,39,42,48,51,60,64-67,69,73-74H,4-7,9-10,12-15,18,21-24,29-30,35-38,40-41,43-47,49-50,52-59H2,1-3H3,(H,75,76)/b11-8-,19-16-,20-17-,27-25-,28-26-,33-31-,34-32-,42-39-,51-48-. The van der Waals surface area contributed by atoms with Crippen molar-refractivity contribution >= 4 is 23.9 Å². The Labute approximate surface area is 491 Å². The van der Waals surface area contributed by atoms with E-state index in [1.165, 1.54) is 83.5 Å². The van der Waals surface area contributed by atoms with Gasteiger partial charge in [-0.05, 0) is 96.3 Å². The summed E-state index contributed by atoms with van der Waals surface area (Å²) in [4.78, 5) is 51.2. The molecule has 0 radical (unpaired) electrons. The van der Waals surface area contributed by atoms with Gasteiger partial charge in [-0.15, -0.1) is 0 Å². The number of aliphatic hydroxyl groups is 2. The van der Waals surface area contributed by atoms with Crippen molar-refractivity contribution in [2.75, 3.05) is 13.2 Å². The number of unbranched alkanes of at least 4 members (excludes halogenated alkanes) is 21. The van der Waals surface area contributed by atoms with E-state index in [2.05, 4.69) is 112 Å². The topological polar surface area (TPSA) is 175 Å². The van der Waals surface area contributed by atoms with Crippen LogP contribution < -0.4 is 0 Å². The number of carbonyl (C=O) groups is 4. The van der Waals surface area contributed by atoms with Crippen LogP contribution in [0.1, 0.15) is 252 Å². The van der Waals surface area contributed by atoms with Crippen LogP contribution in [0.15, 0.2) is 109 Å². The van der Waals surface area contributed by atoms with Gasteiger partial charge in [-0.3, -0.25) is 14.4 Å². The molecule has 460 valence electrons. The molecule has 12 heteroatoms. The predicted molar refractivity (Wildman–Crippen MR) is 330 cm³/mol. The number of aliphatic carboxylic acids is 1. The van der Waals surface area contributed by atoms with Crippen LogP contribution >= 0.6 is 0 Å². The third kappa shape index (κ3) is 45.6. The highest BCUT2D eigenvalue weighted by Gasteiger charge is 2.50. The second-order valence-electron chi connectivity index (χ2n) is 21.3. The number of aliphatic hydroxyl groups excluding tert-OH is 2. The van der Waals surface area contributed by atoms with Gasteiger partial charge in [-0.1, -0.05) is 246 Å². The minimum atomic E-state index is -1.93. The van der Waals surface area contributed by atoms with Gasteiger partial charge in [0.2, 0.25) is 0 Å². The first kappa shape index (κ1) is 74.4. The molecule has 0 aromatic heterocycles. The molecule has 1 rings (SSSR count). The van der Waals surface area contributed by atoms with Crippen LogP contribution in [0.2, 0.25) is 0 Å². The molecule has 1 aliphatic heterocycles. The summed E-state index contributed by atoms with van der Waals surface area (Å²) in [6.07, 6.45) is 63.4. The van der Waals surface area contributed by atoms with Crippen LogP contribution in [0.25, 0.3) is 0 Å². The van der Waals surface area contributed by atoms with Gasteiger partial charge < -0.3 is 39.0 Å². The van der Waals surface area contributed by atoms with Gasteiger partial charge in [0.1, 0.15) is 18.8 Å². The molecule has 0 aromatic carbocycles. The first-order chi connectivity index (χ1) is 39.6. The molecule has 1 aliphatic rings. The number of carbonyl (C=O) groups excluding carboxylic acids is 3. The molecule has 1 fully saturated rings. The maximum Gasteiger partial charge on any atom is 0.335 e. The Morgan fingerprint density at radius 3 is 1.26 bits per heavy atom. The van der Waals surface area contributed by atoms with E-state index in [0.29, 0.717) is 25.7 Å². The van der Waals surface area contributed by atoms with Gasteiger partial charge >= 0.3 is 23.9 Å². The lowest BCUT2D eigenvalue weighted by atomic mass is 9.98.